The molecular formula is C25H30N2O2. The van der Waals surface area contributed by atoms with Crippen molar-refractivity contribution in [2.24, 2.45) is 5.92 Å². The van der Waals surface area contributed by atoms with E-state index in [0.29, 0.717) is 32.5 Å². The lowest BCUT2D eigenvalue weighted by Crippen LogP contribution is -2.42. The van der Waals surface area contributed by atoms with Gasteiger partial charge in [0.1, 0.15) is 0 Å². The lowest BCUT2D eigenvalue weighted by molar-refractivity contribution is -0.132. The van der Waals surface area contributed by atoms with Gasteiger partial charge in [-0.1, -0.05) is 48.0 Å². The zero-order chi connectivity index (χ0) is 20.8. The van der Waals surface area contributed by atoms with E-state index in [4.69, 9.17) is 0 Å². The summed E-state index contributed by atoms with van der Waals surface area (Å²) in [6, 6.07) is 14.1. The van der Waals surface area contributed by atoms with Gasteiger partial charge in [-0.3, -0.25) is 9.59 Å². The van der Waals surface area contributed by atoms with E-state index in [1.165, 1.54) is 22.3 Å². The maximum Gasteiger partial charge on any atom is 0.246 e. The number of piperidine rings is 1. The number of carbonyl (C=O) groups is 2. The Morgan fingerprint density at radius 2 is 1.66 bits per heavy atom. The standard InChI is InChI=1S/C25H30N2O2/c1-18-15-19(2)23(20(3)16-18)17-26-25(29)22-11-13-27(14-12-22)24(28)10-9-21-7-5-4-6-8-21/h4-10,15-16,22H,11-14,17H2,1-3H3,(H,26,29)/b10-9+. The van der Waals surface area contributed by atoms with Crippen molar-refractivity contribution >= 4 is 17.9 Å². The quantitative estimate of drug-likeness (QED) is 0.779. The van der Waals surface area contributed by atoms with Crippen LogP contribution in [0.4, 0.5) is 0 Å². The maximum absolute atomic E-state index is 12.6. The summed E-state index contributed by atoms with van der Waals surface area (Å²) in [5, 5.41) is 3.10. The van der Waals surface area contributed by atoms with Gasteiger partial charge in [-0.2, -0.15) is 0 Å². The third-order valence-electron chi connectivity index (χ3n) is 5.68. The van der Waals surface area contributed by atoms with Crippen molar-refractivity contribution in [2.45, 2.75) is 40.2 Å². The minimum absolute atomic E-state index is 0.0126. The van der Waals surface area contributed by atoms with Crippen molar-refractivity contribution in [1.82, 2.24) is 10.2 Å². The molecule has 2 amide bonds. The fourth-order valence-corrected chi connectivity index (χ4v) is 4.01. The first-order chi connectivity index (χ1) is 13.9. The zero-order valence-corrected chi connectivity index (χ0v) is 17.6. The van der Waals surface area contributed by atoms with Crippen LogP contribution in [-0.2, 0) is 16.1 Å². The average Bonchev–Trinajstić information content (AvgIpc) is 2.72. The zero-order valence-electron chi connectivity index (χ0n) is 17.6. The third-order valence-corrected chi connectivity index (χ3v) is 5.68. The van der Waals surface area contributed by atoms with Crippen molar-refractivity contribution in [3.05, 3.63) is 76.4 Å². The predicted molar refractivity (Wildman–Crippen MR) is 117 cm³/mol. The van der Waals surface area contributed by atoms with Crippen LogP contribution in [0.2, 0.25) is 0 Å². The van der Waals surface area contributed by atoms with Crippen molar-refractivity contribution in [3.63, 3.8) is 0 Å². The number of likely N-dealkylation sites (tertiary alicyclic amines) is 1. The minimum atomic E-state index is -0.0248. The molecule has 29 heavy (non-hydrogen) atoms. The smallest absolute Gasteiger partial charge is 0.246 e. The number of carbonyl (C=O) groups excluding carboxylic acids is 2. The van der Waals surface area contributed by atoms with Gasteiger partial charge in [-0.15, -0.1) is 0 Å². The monoisotopic (exact) mass is 390 g/mol. The van der Waals surface area contributed by atoms with Crippen molar-refractivity contribution < 1.29 is 9.59 Å². The molecule has 1 N–H and O–H groups in total. The van der Waals surface area contributed by atoms with E-state index < -0.39 is 0 Å². The first-order valence-corrected chi connectivity index (χ1v) is 10.3. The van der Waals surface area contributed by atoms with Gasteiger partial charge in [0.2, 0.25) is 11.8 Å². The molecule has 1 heterocycles. The average molecular weight is 391 g/mol. The number of benzene rings is 2. The molecule has 0 atom stereocenters. The summed E-state index contributed by atoms with van der Waals surface area (Å²) in [7, 11) is 0. The fraction of sp³-hybridized carbons (Fsp3) is 0.360. The Bertz CT molecular complexity index is 871. The Kier molecular flexibility index (Phi) is 6.86. The van der Waals surface area contributed by atoms with E-state index >= 15 is 0 Å². The second-order valence-electron chi connectivity index (χ2n) is 7.94. The highest BCUT2D eigenvalue weighted by molar-refractivity contribution is 5.92. The van der Waals surface area contributed by atoms with Crippen LogP contribution in [0.5, 0.6) is 0 Å². The number of hydrogen-bond donors (Lipinski definition) is 1. The van der Waals surface area contributed by atoms with E-state index in [-0.39, 0.29) is 17.7 Å². The molecule has 0 unspecified atom stereocenters. The molecular weight excluding hydrogens is 360 g/mol. The SMILES string of the molecule is Cc1cc(C)c(CNC(=O)C2CCN(C(=O)/C=C/c3ccccc3)CC2)c(C)c1. The number of hydrogen-bond acceptors (Lipinski definition) is 2. The topological polar surface area (TPSA) is 49.4 Å². The largest absolute Gasteiger partial charge is 0.352 e. The van der Waals surface area contributed by atoms with Gasteiger partial charge in [0.25, 0.3) is 0 Å². The van der Waals surface area contributed by atoms with Gasteiger partial charge < -0.3 is 10.2 Å². The molecule has 0 bridgehead atoms. The number of nitrogens with zero attached hydrogens (tertiary/aromatic N) is 1. The van der Waals surface area contributed by atoms with Crippen molar-refractivity contribution in [1.29, 1.82) is 0 Å². The molecule has 1 fully saturated rings. The highest BCUT2D eigenvalue weighted by atomic mass is 16.2. The van der Waals surface area contributed by atoms with Gasteiger partial charge in [0, 0.05) is 31.6 Å². The molecule has 152 valence electrons. The van der Waals surface area contributed by atoms with E-state index in [2.05, 4.69) is 38.2 Å². The number of nitrogens with one attached hydrogen (secondary N) is 1. The van der Waals surface area contributed by atoms with Crippen molar-refractivity contribution in [2.75, 3.05) is 13.1 Å². The molecule has 4 nitrogen and oxygen atoms in total. The second-order valence-corrected chi connectivity index (χ2v) is 7.94. The van der Waals surface area contributed by atoms with Crippen LogP contribution >= 0.6 is 0 Å². The van der Waals surface area contributed by atoms with Gasteiger partial charge >= 0.3 is 0 Å². The van der Waals surface area contributed by atoms with Gasteiger partial charge in [-0.05, 0) is 61.9 Å². The van der Waals surface area contributed by atoms with E-state index in [9.17, 15) is 9.59 Å². The summed E-state index contributed by atoms with van der Waals surface area (Å²) in [4.78, 5) is 26.9. The Balaban J connectivity index is 1.48. The molecule has 0 aliphatic carbocycles. The summed E-state index contributed by atoms with van der Waals surface area (Å²) in [5.74, 6) is 0.0816. The number of rotatable bonds is 5. The molecule has 4 heteroatoms. The fourth-order valence-electron chi connectivity index (χ4n) is 4.01. The van der Waals surface area contributed by atoms with Crippen LogP contribution in [0.3, 0.4) is 0 Å². The molecule has 0 spiro atoms. The number of amides is 2. The highest BCUT2D eigenvalue weighted by Crippen LogP contribution is 2.20. The summed E-state index contributed by atoms with van der Waals surface area (Å²) in [6.45, 7) is 8.09. The maximum atomic E-state index is 12.6. The minimum Gasteiger partial charge on any atom is -0.352 e. The van der Waals surface area contributed by atoms with Gasteiger partial charge in [0.05, 0.1) is 0 Å². The molecule has 0 saturated carbocycles. The Labute approximate surface area is 173 Å². The first-order valence-electron chi connectivity index (χ1n) is 10.3. The third kappa shape index (κ3) is 5.57. The molecule has 2 aromatic rings. The van der Waals surface area contributed by atoms with Crippen LogP contribution in [0.1, 0.15) is 40.7 Å². The molecule has 2 aromatic carbocycles. The normalized spacial score (nSPS) is 14.9. The van der Waals surface area contributed by atoms with Crippen LogP contribution in [0.25, 0.3) is 6.08 Å². The molecule has 0 aromatic heterocycles. The summed E-state index contributed by atoms with van der Waals surface area (Å²) in [5.41, 5.74) is 5.88. The lowest BCUT2D eigenvalue weighted by atomic mass is 9.95. The first kappa shape index (κ1) is 20.8. The Morgan fingerprint density at radius 3 is 2.28 bits per heavy atom. The molecule has 1 aliphatic rings. The summed E-state index contributed by atoms with van der Waals surface area (Å²) in [6.07, 6.45) is 4.89. The summed E-state index contributed by atoms with van der Waals surface area (Å²) < 4.78 is 0. The Hall–Kier alpha value is -2.88. The highest BCUT2D eigenvalue weighted by Gasteiger charge is 2.26. The van der Waals surface area contributed by atoms with Crippen LogP contribution in [0.15, 0.2) is 48.5 Å². The molecule has 1 saturated heterocycles. The van der Waals surface area contributed by atoms with E-state index in [1.807, 2.05) is 41.3 Å². The molecule has 1 aliphatic heterocycles. The molecule has 3 rings (SSSR count). The Morgan fingerprint density at radius 1 is 1.03 bits per heavy atom. The van der Waals surface area contributed by atoms with Gasteiger partial charge in [0.15, 0.2) is 0 Å². The predicted octanol–water partition coefficient (Wildman–Crippen LogP) is 4.18. The molecule has 0 radical (unpaired) electrons. The van der Waals surface area contributed by atoms with Gasteiger partial charge in [-0.25, -0.2) is 0 Å². The van der Waals surface area contributed by atoms with E-state index in [1.54, 1.807) is 6.08 Å². The van der Waals surface area contributed by atoms with Crippen molar-refractivity contribution in [3.8, 4) is 0 Å². The number of aryl methyl sites for hydroxylation is 3. The lowest BCUT2D eigenvalue weighted by Gasteiger charge is -2.30. The second kappa shape index (κ2) is 9.55. The van der Waals surface area contributed by atoms with Crippen LogP contribution in [0, 0.1) is 26.7 Å². The van der Waals surface area contributed by atoms with Crippen LogP contribution < -0.4 is 5.32 Å². The van der Waals surface area contributed by atoms with E-state index in [0.717, 1.165) is 5.56 Å². The van der Waals surface area contributed by atoms with Crippen LogP contribution in [-0.4, -0.2) is 29.8 Å². The summed E-state index contributed by atoms with van der Waals surface area (Å²) >= 11 is 0.